The number of methoxy groups -OCH3 is 1. The molecule has 28 heavy (non-hydrogen) atoms. The summed E-state index contributed by atoms with van der Waals surface area (Å²) in [4.78, 5) is 23.8. The number of benzene rings is 2. The van der Waals surface area contributed by atoms with Crippen LogP contribution in [0.25, 0.3) is 11.0 Å². The molecule has 146 valence electrons. The monoisotopic (exact) mass is 385 g/mol. The molecule has 0 unspecified atom stereocenters. The number of hydrogen-bond donors (Lipinski definition) is 3. The number of aliphatic carboxylic acids is 1. The Labute approximate surface area is 160 Å². The molecule has 8 nitrogen and oxygen atoms in total. The fourth-order valence-electron chi connectivity index (χ4n) is 2.55. The minimum absolute atomic E-state index is 0.00645. The van der Waals surface area contributed by atoms with E-state index in [1.165, 1.54) is 25.3 Å². The van der Waals surface area contributed by atoms with Gasteiger partial charge in [-0.25, -0.2) is 4.79 Å². The summed E-state index contributed by atoms with van der Waals surface area (Å²) in [5.74, 6) is -1.14. The molecule has 2 aromatic carbocycles. The zero-order valence-corrected chi connectivity index (χ0v) is 15.0. The summed E-state index contributed by atoms with van der Waals surface area (Å²) in [6.45, 7) is -0.0830. The highest BCUT2D eigenvalue weighted by atomic mass is 16.5. The van der Waals surface area contributed by atoms with Gasteiger partial charge in [-0.05, 0) is 42.0 Å². The van der Waals surface area contributed by atoms with Crippen molar-refractivity contribution < 1.29 is 33.7 Å². The number of furan rings is 1. The maximum absolute atomic E-state index is 12.4. The molecule has 0 radical (unpaired) electrons. The third-order valence-corrected chi connectivity index (χ3v) is 4.04. The molecule has 0 spiro atoms. The Morgan fingerprint density at radius 3 is 2.57 bits per heavy atom. The number of carboxylic acids is 1. The van der Waals surface area contributed by atoms with Crippen molar-refractivity contribution in [3.63, 3.8) is 0 Å². The average molecular weight is 385 g/mol. The minimum atomic E-state index is -1.24. The Hall–Kier alpha value is -3.52. The quantitative estimate of drug-likeness (QED) is 0.545. The highest BCUT2D eigenvalue weighted by Crippen LogP contribution is 2.24. The SMILES string of the molecule is COc1ccc2oc(C(=O)N[C@@H](COCc3ccc(O)cc3)C(=O)O)cc2c1. The molecule has 0 bridgehead atoms. The van der Waals surface area contributed by atoms with E-state index in [-0.39, 0.29) is 24.7 Å². The van der Waals surface area contributed by atoms with E-state index in [1.807, 2.05) is 0 Å². The number of hydrogen-bond acceptors (Lipinski definition) is 6. The van der Waals surface area contributed by atoms with Crippen molar-refractivity contribution in [1.29, 1.82) is 0 Å². The van der Waals surface area contributed by atoms with Crippen LogP contribution in [0.3, 0.4) is 0 Å². The number of amides is 1. The van der Waals surface area contributed by atoms with Gasteiger partial charge >= 0.3 is 5.97 Å². The van der Waals surface area contributed by atoms with Gasteiger partial charge in [-0.1, -0.05) is 12.1 Å². The zero-order valence-electron chi connectivity index (χ0n) is 15.0. The lowest BCUT2D eigenvalue weighted by Crippen LogP contribution is -2.43. The number of ether oxygens (including phenoxy) is 2. The molecule has 1 atom stereocenters. The molecular weight excluding hydrogens is 366 g/mol. The highest BCUT2D eigenvalue weighted by Gasteiger charge is 2.23. The number of nitrogens with one attached hydrogen (secondary N) is 1. The average Bonchev–Trinajstić information content (AvgIpc) is 3.11. The first-order valence-corrected chi connectivity index (χ1v) is 8.43. The number of carbonyl (C=O) groups excluding carboxylic acids is 1. The molecule has 1 aromatic heterocycles. The van der Waals surface area contributed by atoms with Crippen molar-refractivity contribution in [2.45, 2.75) is 12.6 Å². The van der Waals surface area contributed by atoms with Crippen LogP contribution in [-0.4, -0.2) is 41.8 Å². The lowest BCUT2D eigenvalue weighted by Gasteiger charge is -2.14. The molecule has 0 saturated carbocycles. The smallest absolute Gasteiger partial charge is 0.328 e. The molecule has 8 heteroatoms. The van der Waals surface area contributed by atoms with E-state index in [4.69, 9.17) is 13.9 Å². The summed E-state index contributed by atoms with van der Waals surface area (Å²) in [6.07, 6.45) is 0. The molecular formula is C20H19NO7. The predicted octanol–water partition coefficient (Wildman–Crippen LogP) is 2.55. The molecule has 0 fully saturated rings. The van der Waals surface area contributed by atoms with Gasteiger partial charge in [-0.3, -0.25) is 4.79 Å². The molecule has 3 rings (SSSR count). The van der Waals surface area contributed by atoms with Crippen LogP contribution in [0, 0.1) is 0 Å². The fourth-order valence-corrected chi connectivity index (χ4v) is 2.55. The van der Waals surface area contributed by atoms with Crippen molar-refractivity contribution >= 4 is 22.8 Å². The van der Waals surface area contributed by atoms with Gasteiger partial charge in [-0.2, -0.15) is 0 Å². The number of carboxylic acid groups (broad SMARTS) is 1. The summed E-state index contributed by atoms with van der Waals surface area (Å²) in [6, 6.07) is 11.7. The van der Waals surface area contributed by atoms with Crippen LogP contribution in [0.5, 0.6) is 11.5 Å². The van der Waals surface area contributed by atoms with Gasteiger partial charge in [0.15, 0.2) is 11.8 Å². The maximum atomic E-state index is 12.4. The van der Waals surface area contributed by atoms with Gasteiger partial charge in [0.1, 0.15) is 17.1 Å². The van der Waals surface area contributed by atoms with Crippen LogP contribution >= 0.6 is 0 Å². The number of carbonyl (C=O) groups is 2. The number of phenolic OH excluding ortho intramolecular Hbond substituents is 1. The number of fused-ring (bicyclic) bond motifs is 1. The number of aromatic hydroxyl groups is 1. The van der Waals surface area contributed by atoms with Gasteiger partial charge in [-0.15, -0.1) is 0 Å². The van der Waals surface area contributed by atoms with Crippen LogP contribution in [0.1, 0.15) is 16.1 Å². The van der Waals surface area contributed by atoms with E-state index in [0.717, 1.165) is 5.56 Å². The second kappa shape index (κ2) is 8.45. The Balaban J connectivity index is 1.62. The summed E-state index contributed by atoms with van der Waals surface area (Å²) in [7, 11) is 1.53. The van der Waals surface area contributed by atoms with E-state index < -0.39 is 17.9 Å². The molecule has 3 aromatic rings. The predicted molar refractivity (Wildman–Crippen MR) is 99.4 cm³/mol. The van der Waals surface area contributed by atoms with Crippen LogP contribution in [-0.2, 0) is 16.1 Å². The molecule has 0 aliphatic carbocycles. The van der Waals surface area contributed by atoms with E-state index in [2.05, 4.69) is 5.32 Å². The third-order valence-electron chi connectivity index (χ3n) is 4.04. The van der Waals surface area contributed by atoms with Gasteiger partial charge in [0.2, 0.25) is 0 Å². The summed E-state index contributed by atoms with van der Waals surface area (Å²) < 4.78 is 16.0. The molecule has 0 aliphatic heterocycles. The van der Waals surface area contributed by atoms with Gasteiger partial charge in [0.05, 0.1) is 20.3 Å². The Morgan fingerprint density at radius 2 is 1.89 bits per heavy atom. The van der Waals surface area contributed by atoms with Crippen molar-refractivity contribution in [3.05, 3.63) is 59.9 Å². The standard InChI is InChI=1S/C20H19NO7/c1-26-15-6-7-17-13(8-15)9-18(28-17)19(23)21-16(20(24)25)11-27-10-12-2-4-14(22)5-3-12/h2-9,16,22H,10-11H2,1H3,(H,21,23)(H,24,25)/t16-/m0/s1. The van der Waals surface area contributed by atoms with E-state index >= 15 is 0 Å². The van der Waals surface area contributed by atoms with Gasteiger partial charge in [0.25, 0.3) is 5.91 Å². The Kier molecular flexibility index (Phi) is 5.81. The topological polar surface area (TPSA) is 118 Å². The van der Waals surface area contributed by atoms with Crippen LogP contribution < -0.4 is 10.1 Å². The van der Waals surface area contributed by atoms with Crippen LogP contribution in [0.2, 0.25) is 0 Å². The summed E-state index contributed by atoms with van der Waals surface area (Å²) >= 11 is 0. The number of phenols is 1. The first-order valence-electron chi connectivity index (χ1n) is 8.43. The zero-order chi connectivity index (χ0) is 20.1. The fraction of sp³-hybridized carbons (Fsp3) is 0.200. The first kappa shape index (κ1) is 19.2. The summed E-state index contributed by atoms with van der Waals surface area (Å²) in [5.41, 5.74) is 1.25. The number of rotatable bonds is 8. The summed E-state index contributed by atoms with van der Waals surface area (Å²) in [5, 5.41) is 21.6. The van der Waals surface area contributed by atoms with Gasteiger partial charge < -0.3 is 29.4 Å². The van der Waals surface area contributed by atoms with Crippen molar-refractivity contribution in [2.75, 3.05) is 13.7 Å². The van der Waals surface area contributed by atoms with Gasteiger partial charge in [0, 0.05) is 5.39 Å². The first-order chi connectivity index (χ1) is 13.5. The van der Waals surface area contributed by atoms with E-state index in [0.29, 0.717) is 16.7 Å². The second-order valence-corrected chi connectivity index (χ2v) is 6.06. The largest absolute Gasteiger partial charge is 0.508 e. The normalized spacial score (nSPS) is 11.9. The molecule has 0 aliphatic rings. The third kappa shape index (κ3) is 4.60. The minimum Gasteiger partial charge on any atom is -0.508 e. The van der Waals surface area contributed by atoms with E-state index in [9.17, 15) is 19.8 Å². The molecule has 1 heterocycles. The second-order valence-electron chi connectivity index (χ2n) is 6.06. The van der Waals surface area contributed by atoms with E-state index in [1.54, 1.807) is 30.3 Å². The maximum Gasteiger partial charge on any atom is 0.328 e. The Morgan fingerprint density at radius 1 is 1.14 bits per heavy atom. The van der Waals surface area contributed by atoms with Crippen LogP contribution in [0.4, 0.5) is 0 Å². The van der Waals surface area contributed by atoms with Crippen molar-refractivity contribution in [1.82, 2.24) is 5.32 Å². The molecule has 3 N–H and O–H groups in total. The van der Waals surface area contributed by atoms with Crippen LogP contribution in [0.15, 0.2) is 52.9 Å². The molecule has 0 saturated heterocycles. The van der Waals surface area contributed by atoms with Crippen molar-refractivity contribution in [3.8, 4) is 11.5 Å². The lowest BCUT2D eigenvalue weighted by molar-refractivity contribution is -0.141. The highest BCUT2D eigenvalue weighted by molar-refractivity contribution is 5.98. The van der Waals surface area contributed by atoms with Crippen molar-refractivity contribution in [2.24, 2.45) is 0 Å². The Bertz CT molecular complexity index is 978. The molecule has 1 amide bonds. The lowest BCUT2D eigenvalue weighted by atomic mass is 10.2.